The first-order chi connectivity index (χ1) is 13.3. The maximum absolute atomic E-state index is 11.7. The van der Waals surface area contributed by atoms with Crippen molar-refractivity contribution in [2.24, 2.45) is 0 Å². The van der Waals surface area contributed by atoms with E-state index in [9.17, 15) is 4.79 Å². The zero-order chi connectivity index (χ0) is 19.3. The second kappa shape index (κ2) is 12.5. The first-order valence-electron chi connectivity index (χ1n) is 11.0. The summed E-state index contributed by atoms with van der Waals surface area (Å²) >= 11 is 0. The molecule has 27 heavy (non-hydrogen) atoms. The van der Waals surface area contributed by atoms with E-state index in [1.807, 2.05) is 13.0 Å². The van der Waals surface area contributed by atoms with Crippen LogP contribution in [-0.2, 0) is 17.8 Å². The van der Waals surface area contributed by atoms with Gasteiger partial charge in [-0.05, 0) is 25.0 Å². The monoisotopic (exact) mass is 371 g/mol. The molecule has 4 heteroatoms. The molecule has 1 aromatic heterocycles. The molecule has 1 N–H and O–H groups in total. The number of carbonyl (C=O) groups is 1. The van der Waals surface area contributed by atoms with Gasteiger partial charge in [-0.3, -0.25) is 4.79 Å². The molecule has 0 spiro atoms. The molecule has 4 nitrogen and oxygen atoms in total. The molecule has 150 valence electrons. The third-order valence-electron chi connectivity index (χ3n) is 5.12. The summed E-state index contributed by atoms with van der Waals surface area (Å²) in [4.78, 5) is 16.5. The second-order valence-corrected chi connectivity index (χ2v) is 7.49. The highest BCUT2D eigenvalue weighted by molar-refractivity contribution is 5.76. The van der Waals surface area contributed by atoms with Crippen molar-refractivity contribution in [2.45, 2.75) is 91.0 Å². The lowest BCUT2D eigenvalue weighted by molar-refractivity contribution is -0.121. The van der Waals surface area contributed by atoms with E-state index < -0.39 is 0 Å². The number of aromatic nitrogens is 2. The number of carbonyl (C=O) groups excluding carboxylic acids is 1. The Labute approximate surface area is 164 Å². The van der Waals surface area contributed by atoms with E-state index in [0.29, 0.717) is 13.0 Å². The molecule has 1 amide bonds. The lowest BCUT2D eigenvalue weighted by atomic mass is 10.1. The molecule has 1 heterocycles. The Morgan fingerprint density at radius 3 is 2.41 bits per heavy atom. The van der Waals surface area contributed by atoms with Gasteiger partial charge in [0.15, 0.2) is 0 Å². The average Bonchev–Trinajstić information content (AvgIpc) is 3.02. The maximum atomic E-state index is 11.7. The van der Waals surface area contributed by atoms with Crippen LogP contribution in [0, 0.1) is 0 Å². The average molecular weight is 372 g/mol. The minimum absolute atomic E-state index is 0.142. The van der Waals surface area contributed by atoms with Crippen molar-refractivity contribution >= 4 is 16.9 Å². The van der Waals surface area contributed by atoms with E-state index in [4.69, 9.17) is 4.98 Å². The minimum Gasteiger partial charge on any atom is -0.356 e. The molecule has 0 aliphatic carbocycles. The number of hydrogen-bond acceptors (Lipinski definition) is 2. The number of rotatable bonds is 14. The lowest BCUT2D eigenvalue weighted by Gasteiger charge is -2.10. The van der Waals surface area contributed by atoms with Crippen LogP contribution in [-0.4, -0.2) is 22.0 Å². The Hall–Kier alpha value is -1.84. The van der Waals surface area contributed by atoms with Gasteiger partial charge in [0.1, 0.15) is 5.82 Å². The molecule has 2 aromatic rings. The van der Waals surface area contributed by atoms with Crippen molar-refractivity contribution in [3.8, 4) is 0 Å². The Morgan fingerprint density at radius 1 is 0.963 bits per heavy atom. The van der Waals surface area contributed by atoms with Crippen LogP contribution >= 0.6 is 0 Å². The quantitative estimate of drug-likeness (QED) is 0.437. The summed E-state index contributed by atoms with van der Waals surface area (Å²) in [6.07, 6.45) is 12.9. The van der Waals surface area contributed by atoms with Gasteiger partial charge in [-0.25, -0.2) is 4.98 Å². The number of benzene rings is 1. The first-order valence-corrected chi connectivity index (χ1v) is 11.0. The molecule has 0 radical (unpaired) electrons. The van der Waals surface area contributed by atoms with Gasteiger partial charge in [0, 0.05) is 25.9 Å². The summed E-state index contributed by atoms with van der Waals surface area (Å²) in [6, 6.07) is 8.37. The van der Waals surface area contributed by atoms with Crippen LogP contribution in [0.25, 0.3) is 11.0 Å². The van der Waals surface area contributed by atoms with E-state index in [2.05, 4.69) is 35.0 Å². The van der Waals surface area contributed by atoms with Gasteiger partial charge in [-0.1, -0.05) is 70.9 Å². The number of nitrogens with zero attached hydrogens (tertiary/aromatic N) is 2. The van der Waals surface area contributed by atoms with Gasteiger partial charge in [0.05, 0.1) is 11.0 Å². The number of imidazole rings is 1. The number of hydrogen-bond donors (Lipinski definition) is 1. The highest BCUT2D eigenvalue weighted by atomic mass is 16.1. The van der Waals surface area contributed by atoms with Gasteiger partial charge in [-0.2, -0.15) is 0 Å². The van der Waals surface area contributed by atoms with Crippen molar-refractivity contribution in [1.82, 2.24) is 14.9 Å². The summed E-state index contributed by atoms with van der Waals surface area (Å²) in [5, 5.41) is 3.01. The van der Waals surface area contributed by atoms with Gasteiger partial charge in [0.2, 0.25) is 5.91 Å². The van der Waals surface area contributed by atoms with Crippen LogP contribution < -0.4 is 5.32 Å². The number of aryl methyl sites for hydroxylation is 1. The van der Waals surface area contributed by atoms with Gasteiger partial charge < -0.3 is 9.88 Å². The van der Waals surface area contributed by atoms with Crippen LogP contribution in [0.4, 0.5) is 0 Å². The molecule has 0 fully saturated rings. The molecule has 2 rings (SSSR count). The Bertz CT molecular complexity index is 677. The third-order valence-corrected chi connectivity index (χ3v) is 5.12. The second-order valence-electron chi connectivity index (χ2n) is 7.49. The Balaban J connectivity index is 1.85. The molecule has 0 bridgehead atoms. The summed E-state index contributed by atoms with van der Waals surface area (Å²) in [6.45, 7) is 5.98. The predicted molar refractivity (Wildman–Crippen MR) is 114 cm³/mol. The number of para-hydroxylation sites is 2. The summed E-state index contributed by atoms with van der Waals surface area (Å²) in [5.74, 6) is 1.24. The van der Waals surface area contributed by atoms with Gasteiger partial charge in [-0.15, -0.1) is 0 Å². The number of fused-ring (bicyclic) bond motifs is 1. The molecular weight excluding hydrogens is 334 g/mol. The zero-order valence-electron chi connectivity index (χ0n) is 17.3. The van der Waals surface area contributed by atoms with Crippen molar-refractivity contribution in [2.75, 3.05) is 6.54 Å². The molecule has 0 saturated heterocycles. The van der Waals surface area contributed by atoms with Crippen molar-refractivity contribution in [3.05, 3.63) is 30.1 Å². The molecule has 0 atom stereocenters. The largest absolute Gasteiger partial charge is 0.356 e. The number of nitrogens with one attached hydrogen (secondary N) is 1. The van der Waals surface area contributed by atoms with E-state index in [0.717, 1.165) is 30.7 Å². The fourth-order valence-corrected chi connectivity index (χ4v) is 3.60. The topological polar surface area (TPSA) is 46.9 Å². The smallest absolute Gasteiger partial charge is 0.219 e. The SMILES string of the molecule is CCCCCCCCCCn1c(CCNC(=O)CCC)nc2ccccc21. The zero-order valence-corrected chi connectivity index (χ0v) is 17.3. The minimum atomic E-state index is 0.142. The summed E-state index contributed by atoms with van der Waals surface area (Å²) in [7, 11) is 0. The van der Waals surface area contributed by atoms with E-state index >= 15 is 0 Å². The van der Waals surface area contributed by atoms with Crippen LogP contribution in [0.15, 0.2) is 24.3 Å². The standard InChI is InChI=1S/C23H37N3O/c1-3-5-6-7-8-9-10-13-19-26-21-16-12-11-15-20(21)25-22(26)17-18-24-23(27)14-4-2/h11-12,15-16H,3-10,13-14,17-19H2,1-2H3,(H,24,27). The normalized spacial score (nSPS) is 11.2. The molecule has 0 aliphatic rings. The van der Waals surface area contributed by atoms with Crippen LogP contribution in [0.2, 0.25) is 0 Å². The molecular formula is C23H37N3O. The highest BCUT2D eigenvalue weighted by Crippen LogP contribution is 2.18. The molecule has 1 aromatic carbocycles. The molecule has 0 saturated carbocycles. The first kappa shape index (κ1) is 21.5. The van der Waals surface area contributed by atoms with E-state index in [1.54, 1.807) is 0 Å². The summed E-state index contributed by atoms with van der Waals surface area (Å²) in [5.41, 5.74) is 2.28. The third kappa shape index (κ3) is 7.36. The number of amides is 1. The van der Waals surface area contributed by atoms with Crippen LogP contribution in [0.1, 0.15) is 83.9 Å². The fourth-order valence-electron chi connectivity index (χ4n) is 3.60. The Morgan fingerprint density at radius 2 is 1.67 bits per heavy atom. The lowest BCUT2D eigenvalue weighted by Crippen LogP contribution is -2.26. The number of unbranched alkanes of at least 4 members (excludes halogenated alkanes) is 7. The van der Waals surface area contributed by atoms with E-state index in [1.165, 1.54) is 56.9 Å². The van der Waals surface area contributed by atoms with Gasteiger partial charge >= 0.3 is 0 Å². The van der Waals surface area contributed by atoms with Gasteiger partial charge in [0.25, 0.3) is 0 Å². The molecule has 0 aliphatic heterocycles. The van der Waals surface area contributed by atoms with Crippen molar-refractivity contribution in [1.29, 1.82) is 0 Å². The van der Waals surface area contributed by atoms with Crippen LogP contribution in [0.5, 0.6) is 0 Å². The van der Waals surface area contributed by atoms with E-state index in [-0.39, 0.29) is 5.91 Å². The highest BCUT2D eigenvalue weighted by Gasteiger charge is 2.10. The fraction of sp³-hybridized carbons (Fsp3) is 0.652. The van der Waals surface area contributed by atoms with Crippen molar-refractivity contribution < 1.29 is 4.79 Å². The van der Waals surface area contributed by atoms with Crippen LogP contribution in [0.3, 0.4) is 0 Å². The predicted octanol–water partition coefficient (Wildman–Crippen LogP) is 5.64. The van der Waals surface area contributed by atoms with Crippen molar-refractivity contribution in [3.63, 3.8) is 0 Å². The molecule has 0 unspecified atom stereocenters. The Kier molecular flexibility index (Phi) is 9.96. The summed E-state index contributed by atoms with van der Waals surface area (Å²) < 4.78 is 2.36. The maximum Gasteiger partial charge on any atom is 0.219 e.